The van der Waals surface area contributed by atoms with Crippen molar-refractivity contribution in [1.82, 2.24) is 4.31 Å². The van der Waals surface area contributed by atoms with Crippen LogP contribution in [0.4, 0.5) is 5.69 Å². The van der Waals surface area contributed by atoms with Crippen LogP contribution in [-0.4, -0.2) is 25.2 Å². The predicted octanol–water partition coefficient (Wildman–Crippen LogP) is 5.89. The first-order valence-corrected chi connectivity index (χ1v) is 12.2. The fraction of sp³-hybridized carbons (Fsp3) is 0.136. The Labute approximate surface area is 200 Å². The van der Waals surface area contributed by atoms with Crippen LogP contribution in [0.3, 0.4) is 0 Å². The molecule has 0 bridgehead atoms. The molecule has 31 heavy (non-hydrogen) atoms. The van der Waals surface area contributed by atoms with Crippen molar-refractivity contribution >= 4 is 60.7 Å². The number of benzene rings is 3. The van der Waals surface area contributed by atoms with Crippen LogP contribution in [-0.2, 0) is 21.4 Å². The molecular formula is C22H19BrCl2N2O3S. The van der Waals surface area contributed by atoms with Crippen LogP contribution in [0, 0.1) is 6.92 Å². The highest BCUT2D eigenvalue weighted by Crippen LogP contribution is 2.25. The van der Waals surface area contributed by atoms with Gasteiger partial charge < -0.3 is 5.32 Å². The first kappa shape index (κ1) is 23.8. The van der Waals surface area contributed by atoms with E-state index in [0.29, 0.717) is 26.9 Å². The molecule has 0 unspecified atom stereocenters. The lowest BCUT2D eigenvalue weighted by molar-refractivity contribution is -0.116. The second-order valence-electron chi connectivity index (χ2n) is 6.78. The molecule has 0 aliphatic rings. The molecule has 0 saturated carbocycles. The summed E-state index contributed by atoms with van der Waals surface area (Å²) in [5, 5.41) is 3.67. The lowest BCUT2D eigenvalue weighted by Gasteiger charge is -2.23. The van der Waals surface area contributed by atoms with Crippen LogP contribution in [0.1, 0.15) is 11.1 Å². The topological polar surface area (TPSA) is 66.5 Å². The summed E-state index contributed by atoms with van der Waals surface area (Å²) in [6, 6.07) is 18.3. The third kappa shape index (κ3) is 5.87. The Morgan fingerprint density at radius 3 is 2.29 bits per heavy atom. The van der Waals surface area contributed by atoms with Crippen molar-refractivity contribution < 1.29 is 13.2 Å². The zero-order chi connectivity index (χ0) is 22.6. The van der Waals surface area contributed by atoms with E-state index >= 15 is 0 Å². The number of hydrogen-bond donors (Lipinski definition) is 1. The molecule has 0 aliphatic carbocycles. The Hall–Kier alpha value is -1.90. The van der Waals surface area contributed by atoms with Crippen LogP contribution in [0.25, 0.3) is 0 Å². The van der Waals surface area contributed by atoms with E-state index in [4.69, 9.17) is 23.2 Å². The number of halogens is 3. The third-order valence-electron chi connectivity index (χ3n) is 4.62. The van der Waals surface area contributed by atoms with Gasteiger partial charge in [0.25, 0.3) is 0 Å². The highest BCUT2D eigenvalue weighted by molar-refractivity contribution is 9.10. The highest BCUT2D eigenvalue weighted by Gasteiger charge is 2.27. The van der Waals surface area contributed by atoms with Gasteiger partial charge in [-0.3, -0.25) is 4.79 Å². The Bertz CT molecular complexity index is 1200. The van der Waals surface area contributed by atoms with Crippen molar-refractivity contribution in [3.63, 3.8) is 0 Å². The number of nitrogens with zero attached hydrogens (tertiary/aromatic N) is 1. The summed E-state index contributed by atoms with van der Waals surface area (Å²) in [4.78, 5) is 12.9. The molecule has 162 valence electrons. The Kier molecular flexibility index (Phi) is 7.78. The van der Waals surface area contributed by atoms with Crippen LogP contribution in [0.5, 0.6) is 0 Å². The molecule has 1 amide bonds. The van der Waals surface area contributed by atoms with E-state index in [2.05, 4.69) is 21.2 Å². The molecule has 0 saturated heterocycles. The quantitative estimate of drug-likeness (QED) is 0.405. The van der Waals surface area contributed by atoms with Gasteiger partial charge in [-0.2, -0.15) is 4.31 Å². The average molecular weight is 542 g/mol. The second kappa shape index (κ2) is 10.1. The predicted molar refractivity (Wildman–Crippen MR) is 128 cm³/mol. The summed E-state index contributed by atoms with van der Waals surface area (Å²) in [5.74, 6) is -0.488. The summed E-state index contributed by atoms with van der Waals surface area (Å²) in [7, 11) is -3.97. The van der Waals surface area contributed by atoms with Gasteiger partial charge in [0.1, 0.15) is 0 Å². The molecule has 5 nitrogen and oxygen atoms in total. The maximum absolute atomic E-state index is 13.3. The number of carbonyl (C=O) groups is 1. The molecular weight excluding hydrogens is 523 g/mol. The first-order chi connectivity index (χ1) is 14.7. The molecule has 0 heterocycles. The molecule has 0 atom stereocenters. The molecule has 0 fully saturated rings. The normalized spacial score (nSPS) is 11.5. The van der Waals surface area contributed by atoms with Crippen molar-refractivity contribution in [2.24, 2.45) is 0 Å². The first-order valence-electron chi connectivity index (χ1n) is 9.22. The van der Waals surface area contributed by atoms with Gasteiger partial charge in [0.2, 0.25) is 15.9 Å². The molecule has 0 radical (unpaired) electrons. The van der Waals surface area contributed by atoms with Crippen LogP contribution in [0.2, 0.25) is 10.0 Å². The molecule has 3 aromatic rings. The molecule has 3 aromatic carbocycles. The standard InChI is InChI=1S/C22H19BrCl2N2O3S/c1-15-19(24)7-4-8-21(15)26-22(28)14-27(13-16-5-2-3-6-20(16)25)31(29,30)18-11-9-17(23)10-12-18/h2-12H,13-14H2,1H3,(H,26,28). The zero-order valence-electron chi connectivity index (χ0n) is 16.5. The van der Waals surface area contributed by atoms with Gasteiger partial charge in [-0.1, -0.05) is 63.4 Å². The van der Waals surface area contributed by atoms with E-state index in [9.17, 15) is 13.2 Å². The average Bonchev–Trinajstić information content (AvgIpc) is 2.73. The van der Waals surface area contributed by atoms with Gasteiger partial charge in [0.05, 0.1) is 11.4 Å². The van der Waals surface area contributed by atoms with E-state index in [0.717, 1.165) is 8.78 Å². The molecule has 0 aliphatic heterocycles. The van der Waals surface area contributed by atoms with Crippen molar-refractivity contribution in [3.05, 3.63) is 92.4 Å². The molecule has 9 heteroatoms. The van der Waals surface area contributed by atoms with Crippen molar-refractivity contribution in [2.45, 2.75) is 18.4 Å². The number of amides is 1. The maximum Gasteiger partial charge on any atom is 0.243 e. The summed E-state index contributed by atoms with van der Waals surface area (Å²) >= 11 is 15.7. The number of hydrogen-bond acceptors (Lipinski definition) is 3. The summed E-state index contributed by atoms with van der Waals surface area (Å²) in [6.45, 7) is 1.33. The van der Waals surface area contributed by atoms with E-state index < -0.39 is 22.5 Å². The fourth-order valence-electron chi connectivity index (χ4n) is 2.89. The monoisotopic (exact) mass is 540 g/mol. The number of anilines is 1. The van der Waals surface area contributed by atoms with Gasteiger partial charge in [0, 0.05) is 26.8 Å². The Morgan fingerprint density at radius 1 is 0.968 bits per heavy atom. The minimum absolute atomic E-state index is 0.0555. The highest BCUT2D eigenvalue weighted by atomic mass is 79.9. The smallest absolute Gasteiger partial charge is 0.243 e. The van der Waals surface area contributed by atoms with E-state index in [-0.39, 0.29) is 11.4 Å². The van der Waals surface area contributed by atoms with E-state index in [1.54, 1.807) is 61.5 Å². The van der Waals surface area contributed by atoms with Crippen molar-refractivity contribution in [1.29, 1.82) is 0 Å². The van der Waals surface area contributed by atoms with Crippen LogP contribution >= 0.6 is 39.1 Å². The van der Waals surface area contributed by atoms with Gasteiger partial charge in [-0.25, -0.2) is 8.42 Å². The molecule has 0 aromatic heterocycles. The van der Waals surface area contributed by atoms with Crippen LogP contribution in [0.15, 0.2) is 76.1 Å². The van der Waals surface area contributed by atoms with Gasteiger partial charge in [0.15, 0.2) is 0 Å². The minimum atomic E-state index is -3.97. The Balaban J connectivity index is 1.91. The second-order valence-corrected chi connectivity index (χ2v) is 10.4. The number of carbonyl (C=O) groups excluding carboxylic acids is 1. The lowest BCUT2D eigenvalue weighted by Crippen LogP contribution is -2.37. The van der Waals surface area contributed by atoms with Crippen molar-refractivity contribution in [3.8, 4) is 0 Å². The number of nitrogens with one attached hydrogen (secondary N) is 1. The largest absolute Gasteiger partial charge is 0.325 e. The number of rotatable bonds is 7. The fourth-order valence-corrected chi connectivity index (χ4v) is 4.90. The van der Waals surface area contributed by atoms with Gasteiger partial charge >= 0.3 is 0 Å². The SMILES string of the molecule is Cc1c(Cl)cccc1NC(=O)CN(Cc1ccccc1Cl)S(=O)(=O)c1ccc(Br)cc1. The summed E-state index contributed by atoms with van der Waals surface area (Å²) in [6.07, 6.45) is 0. The molecule has 3 rings (SSSR count). The van der Waals surface area contributed by atoms with E-state index in [1.165, 1.54) is 12.1 Å². The maximum atomic E-state index is 13.3. The molecule has 0 spiro atoms. The summed E-state index contributed by atoms with van der Waals surface area (Å²) < 4.78 is 28.5. The number of sulfonamides is 1. The van der Waals surface area contributed by atoms with Crippen molar-refractivity contribution in [2.75, 3.05) is 11.9 Å². The van der Waals surface area contributed by atoms with Gasteiger partial charge in [-0.15, -0.1) is 0 Å². The lowest BCUT2D eigenvalue weighted by atomic mass is 10.2. The van der Waals surface area contributed by atoms with Gasteiger partial charge in [-0.05, 0) is 60.5 Å². The van der Waals surface area contributed by atoms with Crippen LogP contribution < -0.4 is 5.32 Å². The molecule has 1 N–H and O–H groups in total. The Morgan fingerprint density at radius 2 is 1.61 bits per heavy atom. The minimum Gasteiger partial charge on any atom is -0.325 e. The van der Waals surface area contributed by atoms with E-state index in [1.807, 2.05) is 0 Å². The summed E-state index contributed by atoms with van der Waals surface area (Å²) in [5.41, 5.74) is 1.82. The third-order valence-corrected chi connectivity index (χ3v) is 7.73. The zero-order valence-corrected chi connectivity index (χ0v) is 20.4.